The number of rotatable bonds is 6. The number of para-hydroxylation sites is 1. The van der Waals surface area contributed by atoms with E-state index < -0.39 is 0 Å². The van der Waals surface area contributed by atoms with Gasteiger partial charge in [0.15, 0.2) is 0 Å². The molecule has 1 amide bonds. The fourth-order valence-electron chi connectivity index (χ4n) is 2.94. The van der Waals surface area contributed by atoms with E-state index in [4.69, 9.17) is 4.74 Å². The number of amides is 1. The molecule has 5 nitrogen and oxygen atoms in total. The summed E-state index contributed by atoms with van der Waals surface area (Å²) in [6, 6.07) is 10.5. The molecule has 0 unspecified atom stereocenters. The summed E-state index contributed by atoms with van der Waals surface area (Å²) in [5.74, 6) is -0.226. The molecule has 2 aromatic carbocycles. The molecule has 154 valence electrons. The van der Waals surface area contributed by atoms with Crippen LogP contribution in [0, 0.1) is 5.82 Å². The van der Waals surface area contributed by atoms with Crippen LogP contribution in [0.1, 0.15) is 21.5 Å². The normalized spacial score (nSPS) is 12.4. The van der Waals surface area contributed by atoms with Crippen LogP contribution in [-0.4, -0.2) is 44.6 Å². The predicted octanol–water partition coefficient (Wildman–Crippen LogP) is 3.51. The lowest BCUT2D eigenvalue weighted by Crippen LogP contribution is -2.25. The molecule has 0 radical (unpaired) electrons. The lowest BCUT2D eigenvalue weighted by molar-refractivity contribution is 0.102. The number of nitrogens with zero attached hydrogens (tertiary/aromatic N) is 1. The van der Waals surface area contributed by atoms with Crippen LogP contribution < -0.4 is 15.4 Å². The first-order chi connectivity index (χ1) is 12.6. The third kappa shape index (κ3) is 5.82. The highest BCUT2D eigenvalue weighted by Crippen LogP contribution is 2.26. The van der Waals surface area contributed by atoms with E-state index in [-0.39, 0.29) is 42.2 Å². The highest BCUT2D eigenvalue weighted by molar-refractivity contribution is 6.06. The van der Waals surface area contributed by atoms with Crippen LogP contribution in [0.25, 0.3) is 0 Å². The Hall–Kier alpha value is -1.86. The van der Waals surface area contributed by atoms with Gasteiger partial charge in [-0.2, -0.15) is 0 Å². The SMILES string of the molecule is CN(C)CCOc1ccccc1C(=O)Nc1ccc2c(c1F)CCNC2.Cl.Cl. The second-order valence-electron chi connectivity index (χ2n) is 6.59. The van der Waals surface area contributed by atoms with Crippen molar-refractivity contribution in [2.75, 3.05) is 39.1 Å². The van der Waals surface area contributed by atoms with Crippen molar-refractivity contribution in [2.24, 2.45) is 0 Å². The summed E-state index contributed by atoms with van der Waals surface area (Å²) < 4.78 is 20.5. The molecule has 0 fully saturated rings. The second kappa shape index (κ2) is 11.2. The van der Waals surface area contributed by atoms with E-state index in [2.05, 4.69) is 10.6 Å². The number of carbonyl (C=O) groups is 1. The van der Waals surface area contributed by atoms with Crippen molar-refractivity contribution in [3.8, 4) is 5.75 Å². The molecule has 28 heavy (non-hydrogen) atoms. The molecule has 0 saturated carbocycles. The Balaban J connectivity index is 0.00000196. The molecule has 0 spiro atoms. The summed E-state index contributed by atoms with van der Waals surface area (Å²) >= 11 is 0. The van der Waals surface area contributed by atoms with E-state index in [1.165, 1.54) is 0 Å². The number of benzene rings is 2. The minimum Gasteiger partial charge on any atom is -0.491 e. The fourth-order valence-corrected chi connectivity index (χ4v) is 2.94. The lowest BCUT2D eigenvalue weighted by Gasteiger charge is -2.19. The zero-order valence-corrected chi connectivity index (χ0v) is 17.6. The van der Waals surface area contributed by atoms with Gasteiger partial charge in [-0.1, -0.05) is 18.2 Å². The van der Waals surface area contributed by atoms with Gasteiger partial charge in [0.1, 0.15) is 18.2 Å². The van der Waals surface area contributed by atoms with Gasteiger partial charge in [-0.15, -0.1) is 24.8 Å². The maximum Gasteiger partial charge on any atom is 0.259 e. The second-order valence-corrected chi connectivity index (χ2v) is 6.59. The predicted molar refractivity (Wildman–Crippen MR) is 115 cm³/mol. The van der Waals surface area contributed by atoms with Crippen molar-refractivity contribution in [2.45, 2.75) is 13.0 Å². The zero-order valence-electron chi connectivity index (χ0n) is 16.0. The van der Waals surface area contributed by atoms with Gasteiger partial charge in [0.2, 0.25) is 0 Å². The molecule has 2 N–H and O–H groups in total. The summed E-state index contributed by atoms with van der Waals surface area (Å²) in [4.78, 5) is 14.7. The quantitative estimate of drug-likeness (QED) is 0.737. The van der Waals surface area contributed by atoms with Crippen LogP contribution >= 0.6 is 24.8 Å². The van der Waals surface area contributed by atoms with Crippen LogP contribution in [-0.2, 0) is 13.0 Å². The Morgan fingerprint density at radius 1 is 1.21 bits per heavy atom. The number of hydrogen-bond donors (Lipinski definition) is 2. The number of anilines is 1. The van der Waals surface area contributed by atoms with Gasteiger partial charge in [-0.25, -0.2) is 4.39 Å². The first-order valence-corrected chi connectivity index (χ1v) is 8.75. The van der Waals surface area contributed by atoms with E-state index in [1.807, 2.05) is 31.1 Å². The Labute approximate surface area is 177 Å². The summed E-state index contributed by atoms with van der Waals surface area (Å²) in [5, 5.41) is 5.91. The van der Waals surface area contributed by atoms with E-state index in [1.54, 1.807) is 24.3 Å². The average molecular weight is 430 g/mol. The van der Waals surface area contributed by atoms with Crippen molar-refractivity contribution in [3.05, 3.63) is 58.9 Å². The minimum atomic E-state index is -0.377. The molecule has 0 aromatic heterocycles. The monoisotopic (exact) mass is 429 g/mol. The fraction of sp³-hybridized carbons (Fsp3) is 0.350. The average Bonchev–Trinajstić information content (AvgIpc) is 2.64. The number of carbonyl (C=O) groups excluding carboxylic acids is 1. The number of hydrogen-bond acceptors (Lipinski definition) is 4. The molecule has 0 aliphatic carbocycles. The molecule has 2 aromatic rings. The highest BCUT2D eigenvalue weighted by Gasteiger charge is 2.19. The summed E-state index contributed by atoms with van der Waals surface area (Å²) in [7, 11) is 3.91. The van der Waals surface area contributed by atoms with Crippen LogP contribution in [0.3, 0.4) is 0 Å². The standard InChI is InChI=1S/C20H24FN3O2.2ClH/c1-24(2)11-12-26-18-6-4-3-5-16(18)20(25)23-17-8-7-14-13-22-10-9-15(14)19(17)21;;/h3-8,22H,9-13H2,1-2H3,(H,23,25);2*1H. The van der Waals surface area contributed by atoms with Crippen LogP contribution in [0.15, 0.2) is 36.4 Å². The van der Waals surface area contributed by atoms with Gasteiger partial charge in [-0.3, -0.25) is 4.79 Å². The van der Waals surface area contributed by atoms with Gasteiger partial charge in [0.05, 0.1) is 11.3 Å². The van der Waals surface area contributed by atoms with Crippen molar-refractivity contribution >= 4 is 36.4 Å². The Morgan fingerprint density at radius 3 is 2.71 bits per heavy atom. The van der Waals surface area contributed by atoms with Crippen LogP contribution in [0.5, 0.6) is 5.75 Å². The number of ether oxygens (including phenoxy) is 1. The van der Waals surface area contributed by atoms with Gasteiger partial charge >= 0.3 is 0 Å². The topological polar surface area (TPSA) is 53.6 Å². The van der Waals surface area contributed by atoms with Crippen LogP contribution in [0.2, 0.25) is 0 Å². The number of nitrogens with one attached hydrogen (secondary N) is 2. The third-order valence-corrected chi connectivity index (χ3v) is 4.38. The molecule has 0 saturated heterocycles. The Morgan fingerprint density at radius 2 is 1.96 bits per heavy atom. The number of halogens is 3. The van der Waals surface area contributed by atoms with E-state index in [0.29, 0.717) is 36.4 Å². The third-order valence-electron chi connectivity index (χ3n) is 4.38. The molecular weight excluding hydrogens is 404 g/mol. The van der Waals surface area contributed by atoms with Gasteiger partial charge < -0.3 is 20.3 Å². The van der Waals surface area contributed by atoms with Crippen molar-refractivity contribution in [1.82, 2.24) is 10.2 Å². The highest BCUT2D eigenvalue weighted by atomic mass is 35.5. The van der Waals surface area contributed by atoms with Crippen LogP contribution in [0.4, 0.5) is 10.1 Å². The first-order valence-electron chi connectivity index (χ1n) is 8.75. The lowest BCUT2D eigenvalue weighted by atomic mass is 9.99. The minimum absolute atomic E-state index is 0. The number of likely N-dealkylation sites (N-methyl/N-ethyl adjacent to an activating group) is 1. The first kappa shape index (κ1) is 24.2. The molecule has 8 heteroatoms. The summed E-state index contributed by atoms with van der Waals surface area (Å²) in [6.07, 6.45) is 0.620. The van der Waals surface area contributed by atoms with Gasteiger partial charge in [-0.05, 0) is 56.4 Å². The molecule has 0 bridgehead atoms. The summed E-state index contributed by atoms with van der Waals surface area (Å²) in [6.45, 7) is 2.60. The molecule has 1 heterocycles. The molecule has 0 atom stereocenters. The molecule has 1 aliphatic rings. The Kier molecular flexibility index (Phi) is 9.69. The van der Waals surface area contributed by atoms with Crippen molar-refractivity contribution in [3.63, 3.8) is 0 Å². The molecular formula is C20H26Cl2FN3O2. The van der Waals surface area contributed by atoms with Gasteiger partial charge in [0, 0.05) is 13.1 Å². The maximum absolute atomic E-state index is 14.7. The smallest absolute Gasteiger partial charge is 0.259 e. The largest absolute Gasteiger partial charge is 0.491 e. The van der Waals surface area contributed by atoms with Gasteiger partial charge in [0.25, 0.3) is 5.91 Å². The summed E-state index contributed by atoms with van der Waals surface area (Å²) in [5.41, 5.74) is 2.22. The molecule has 1 aliphatic heterocycles. The van der Waals surface area contributed by atoms with Crippen molar-refractivity contribution in [1.29, 1.82) is 0 Å². The maximum atomic E-state index is 14.7. The Bertz CT molecular complexity index is 803. The van der Waals surface area contributed by atoms with E-state index in [0.717, 1.165) is 18.7 Å². The zero-order chi connectivity index (χ0) is 18.5. The molecule has 3 rings (SSSR count). The van der Waals surface area contributed by atoms with E-state index >= 15 is 0 Å². The van der Waals surface area contributed by atoms with Crippen molar-refractivity contribution < 1.29 is 13.9 Å². The van der Waals surface area contributed by atoms with E-state index in [9.17, 15) is 9.18 Å². The number of fused-ring (bicyclic) bond motifs is 1.